The normalized spacial score (nSPS) is 10.5. The zero-order valence-corrected chi connectivity index (χ0v) is 10.6. The molecule has 94 valence electrons. The van der Waals surface area contributed by atoms with E-state index in [9.17, 15) is 0 Å². The Morgan fingerprint density at radius 1 is 1.06 bits per heavy atom. The van der Waals surface area contributed by atoms with E-state index in [0.29, 0.717) is 6.61 Å². The third-order valence-corrected chi connectivity index (χ3v) is 2.68. The summed E-state index contributed by atoms with van der Waals surface area (Å²) >= 11 is 0. The molecule has 0 saturated heterocycles. The average Bonchev–Trinajstić information content (AvgIpc) is 2.41. The summed E-state index contributed by atoms with van der Waals surface area (Å²) in [4.78, 5) is 4.09. The van der Waals surface area contributed by atoms with Crippen molar-refractivity contribution < 1.29 is 4.74 Å². The first-order valence-corrected chi connectivity index (χ1v) is 6.05. The second-order valence-corrected chi connectivity index (χ2v) is 4.22. The van der Waals surface area contributed by atoms with E-state index < -0.39 is 0 Å². The van der Waals surface area contributed by atoms with Crippen molar-refractivity contribution in [3.05, 3.63) is 65.5 Å². The molecule has 0 aliphatic heterocycles. The first kappa shape index (κ1) is 12.7. The molecule has 0 aliphatic carbocycles. The number of rotatable bonds is 6. The lowest BCUT2D eigenvalue weighted by molar-refractivity contribution is 0.185. The van der Waals surface area contributed by atoms with Gasteiger partial charge in [0, 0.05) is 32.6 Å². The van der Waals surface area contributed by atoms with Gasteiger partial charge in [-0.1, -0.05) is 30.3 Å². The molecule has 2 aromatic rings. The Kier molecular flexibility index (Phi) is 4.88. The largest absolute Gasteiger partial charge is 0.380 e. The third-order valence-electron chi connectivity index (χ3n) is 2.68. The van der Waals surface area contributed by atoms with Crippen LogP contribution in [0.3, 0.4) is 0 Å². The molecule has 0 radical (unpaired) electrons. The quantitative estimate of drug-likeness (QED) is 0.845. The fourth-order valence-electron chi connectivity index (χ4n) is 1.85. The van der Waals surface area contributed by atoms with E-state index in [1.165, 1.54) is 16.7 Å². The number of nitrogens with one attached hydrogen (secondary N) is 1. The van der Waals surface area contributed by atoms with Crippen molar-refractivity contribution in [3.63, 3.8) is 0 Å². The van der Waals surface area contributed by atoms with Gasteiger partial charge in [0.2, 0.25) is 0 Å². The Hall–Kier alpha value is -1.71. The molecule has 3 heteroatoms. The summed E-state index contributed by atoms with van der Waals surface area (Å²) in [5.41, 5.74) is 3.68. The first-order valence-electron chi connectivity index (χ1n) is 6.05. The molecule has 0 saturated carbocycles. The van der Waals surface area contributed by atoms with Crippen LogP contribution in [0.5, 0.6) is 0 Å². The van der Waals surface area contributed by atoms with Gasteiger partial charge in [-0.15, -0.1) is 0 Å². The molecule has 1 heterocycles. The van der Waals surface area contributed by atoms with Crippen LogP contribution in [0.4, 0.5) is 0 Å². The van der Waals surface area contributed by atoms with Crippen molar-refractivity contribution in [2.45, 2.75) is 19.7 Å². The smallest absolute Gasteiger partial charge is 0.0713 e. The minimum absolute atomic E-state index is 0.663. The van der Waals surface area contributed by atoms with Crippen LogP contribution in [0.25, 0.3) is 0 Å². The van der Waals surface area contributed by atoms with Crippen LogP contribution in [-0.4, -0.2) is 12.1 Å². The number of methoxy groups -OCH3 is 1. The molecule has 0 atom stereocenters. The highest BCUT2D eigenvalue weighted by molar-refractivity contribution is 5.23. The van der Waals surface area contributed by atoms with Crippen molar-refractivity contribution in [1.29, 1.82) is 0 Å². The molecule has 0 spiro atoms. The molecule has 0 fully saturated rings. The van der Waals surface area contributed by atoms with E-state index in [1.807, 2.05) is 12.3 Å². The van der Waals surface area contributed by atoms with Gasteiger partial charge in [-0.2, -0.15) is 0 Å². The number of benzene rings is 1. The minimum atomic E-state index is 0.663. The van der Waals surface area contributed by atoms with E-state index in [0.717, 1.165) is 13.1 Å². The van der Waals surface area contributed by atoms with Gasteiger partial charge in [0.1, 0.15) is 0 Å². The van der Waals surface area contributed by atoms with E-state index in [2.05, 4.69) is 40.6 Å². The summed E-state index contributed by atoms with van der Waals surface area (Å²) in [5, 5.41) is 3.41. The SMILES string of the molecule is COCc1cccc(CNCc2cccnc2)c1. The summed E-state index contributed by atoms with van der Waals surface area (Å²) in [6.45, 7) is 2.35. The second-order valence-electron chi connectivity index (χ2n) is 4.22. The van der Waals surface area contributed by atoms with Gasteiger partial charge >= 0.3 is 0 Å². The Bertz CT molecular complexity index is 471. The predicted octanol–water partition coefficient (Wildman–Crippen LogP) is 2.52. The van der Waals surface area contributed by atoms with Crippen molar-refractivity contribution in [2.24, 2.45) is 0 Å². The lowest BCUT2D eigenvalue weighted by Gasteiger charge is -2.06. The minimum Gasteiger partial charge on any atom is -0.380 e. The van der Waals surface area contributed by atoms with Gasteiger partial charge in [-0.3, -0.25) is 4.98 Å². The molecule has 1 aromatic heterocycles. The molecule has 18 heavy (non-hydrogen) atoms. The average molecular weight is 242 g/mol. The van der Waals surface area contributed by atoms with Gasteiger partial charge in [0.15, 0.2) is 0 Å². The fraction of sp³-hybridized carbons (Fsp3) is 0.267. The van der Waals surface area contributed by atoms with Crippen molar-refractivity contribution in [1.82, 2.24) is 10.3 Å². The van der Waals surface area contributed by atoms with Crippen LogP contribution in [-0.2, 0) is 24.4 Å². The zero-order chi connectivity index (χ0) is 12.6. The zero-order valence-electron chi connectivity index (χ0n) is 10.6. The third kappa shape index (κ3) is 3.95. The molecule has 0 bridgehead atoms. The van der Waals surface area contributed by atoms with Crippen LogP contribution in [0.15, 0.2) is 48.8 Å². The van der Waals surface area contributed by atoms with E-state index in [1.54, 1.807) is 13.3 Å². The van der Waals surface area contributed by atoms with Gasteiger partial charge < -0.3 is 10.1 Å². The molecule has 1 N–H and O–H groups in total. The summed E-state index contributed by atoms with van der Waals surface area (Å²) in [5.74, 6) is 0. The van der Waals surface area contributed by atoms with E-state index >= 15 is 0 Å². The topological polar surface area (TPSA) is 34.1 Å². The van der Waals surface area contributed by atoms with Gasteiger partial charge in [-0.05, 0) is 22.8 Å². The molecule has 2 rings (SSSR count). The maximum absolute atomic E-state index is 5.13. The number of pyridine rings is 1. The highest BCUT2D eigenvalue weighted by Crippen LogP contribution is 2.06. The van der Waals surface area contributed by atoms with E-state index in [4.69, 9.17) is 4.74 Å². The maximum atomic E-state index is 5.13. The van der Waals surface area contributed by atoms with Crippen LogP contribution < -0.4 is 5.32 Å². The number of aromatic nitrogens is 1. The molecule has 1 aromatic carbocycles. The summed E-state index contributed by atoms with van der Waals surface area (Å²) in [7, 11) is 1.72. The van der Waals surface area contributed by atoms with Crippen molar-refractivity contribution in [3.8, 4) is 0 Å². The molecular formula is C15H18N2O. The predicted molar refractivity (Wildman–Crippen MR) is 71.9 cm³/mol. The van der Waals surface area contributed by atoms with Gasteiger partial charge in [0.05, 0.1) is 6.61 Å². The lowest BCUT2D eigenvalue weighted by Crippen LogP contribution is -2.12. The van der Waals surface area contributed by atoms with Gasteiger partial charge in [0.25, 0.3) is 0 Å². The number of hydrogen-bond donors (Lipinski definition) is 1. The van der Waals surface area contributed by atoms with Gasteiger partial charge in [-0.25, -0.2) is 0 Å². The summed E-state index contributed by atoms with van der Waals surface area (Å²) in [6.07, 6.45) is 3.67. The first-order chi connectivity index (χ1) is 8.88. The molecule has 0 unspecified atom stereocenters. The molecule has 3 nitrogen and oxygen atoms in total. The van der Waals surface area contributed by atoms with Crippen molar-refractivity contribution in [2.75, 3.05) is 7.11 Å². The second kappa shape index (κ2) is 6.89. The van der Waals surface area contributed by atoms with E-state index in [-0.39, 0.29) is 0 Å². The van der Waals surface area contributed by atoms with Crippen molar-refractivity contribution >= 4 is 0 Å². The van der Waals surface area contributed by atoms with Crippen LogP contribution >= 0.6 is 0 Å². The monoisotopic (exact) mass is 242 g/mol. The summed E-state index contributed by atoms with van der Waals surface area (Å²) in [6, 6.07) is 12.5. The lowest BCUT2D eigenvalue weighted by atomic mass is 10.1. The standard InChI is InChI=1S/C15H18N2O/c1-18-12-14-5-2-4-13(8-14)9-17-11-15-6-3-7-16-10-15/h2-8,10,17H,9,11-12H2,1H3. The summed E-state index contributed by atoms with van der Waals surface area (Å²) < 4.78 is 5.13. The number of nitrogens with zero attached hydrogens (tertiary/aromatic N) is 1. The Labute approximate surface area is 108 Å². The van der Waals surface area contributed by atoms with Crippen LogP contribution in [0.1, 0.15) is 16.7 Å². The maximum Gasteiger partial charge on any atom is 0.0713 e. The fourth-order valence-corrected chi connectivity index (χ4v) is 1.85. The van der Waals surface area contributed by atoms with Crippen LogP contribution in [0.2, 0.25) is 0 Å². The molecule has 0 amide bonds. The number of hydrogen-bond acceptors (Lipinski definition) is 3. The Balaban J connectivity index is 1.84. The van der Waals surface area contributed by atoms with Crippen LogP contribution in [0, 0.1) is 0 Å². The highest BCUT2D eigenvalue weighted by atomic mass is 16.5. The Morgan fingerprint density at radius 3 is 2.61 bits per heavy atom. The number of ether oxygens (including phenoxy) is 1. The Morgan fingerprint density at radius 2 is 1.83 bits per heavy atom. The highest BCUT2D eigenvalue weighted by Gasteiger charge is 1.96. The molecule has 0 aliphatic rings. The molecular weight excluding hydrogens is 224 g/mol.